The van der Waals surface area contributed by atoms with Crippen LogP contribution in [0, 0.1) is 6.92 Å². The van der Waals surface area contributed by atoms with Crippen molar-refractivity contribution in [3.8, 4) is 0 Å². The third-order valence-corrected chi connectivity index (χ3v) is 4.93. The fourth-order valence-corrected chi connectivity index (χ4v) is 3.24. The summed E-state index contributed by atoms with van der Waals surface area (Å²) in [7, 11) is 0.0712. The van der Waals surface area contributed by atoms with E-state index in [1.54, 1.807) is 24.3 Å². The predicted molar refractivity (Wildman–Crippen MR) is 99.3 cm³/mol. The summed E-state index contributed by atoms with van der Waals surface area (Å²) in [4.78, 5) is 14.2. The fourth-order valence-electron chi connectivity index (χ4n) is 2.14. The second-order valence-electron chi connectivity index (χ2n) is 6.06. The molecule has 0 radical (unpaired) electrons. The van der Waals surface area contributed by atoms with Crippen LogP contribution in [0.25, 0.3) is 0 Å². The topological polar surface area (TPSA) is 78.5 Å². The van der Waals surface area contributed by atoms with Gasteiger partial charge in [0.15, 0.2) is 0 Å². The third kappa shape index (κ3) is 5.58. The van der Waals surface area contributed by atoms with Gasteiger partial charge in [-0.05, 0) is 51.4 Å². The van der Waals surface area contributed by atoms with Crippen LogP contribution in [0.15, 0.2) is 53.4 Å². The zero-order valence-corrected chi connectivity index (χ0v) is 15.4. The molecule has 0 aliphatic heterocycles. The van der Waals surface area contributed by atoms with E-state index >= 15 is 0 Å². The van der Waals surface area contributed by atoms with Crippen molar-refractivity contribution >= 4 is 21.6 Å². The molecule has 0 atom stereocenters. The Morgan fingerprint density at radius 1 is 1.08 bits per heavy atom. The van der Waals surface area contributed by atoms with Gasteiger partial charge in [-0.1, -0.05) is 23.8 Å². The monoisotopic (exact) mass is 361 g/mol. The van der Waals surface area contributed by atoms with Crippen molar-refractivity contribution in [2.75, 3.05) is 31.9 Å². The number of nitrogens with zero attached hydrogens (tertiary/aromatic N) is 1. The molecule has 25 heavy (non-hydrogen) atoms. The van der Waals surface area contributed by atoms with Gasteiger partial charge in [-0.3, -0.25) is 9.52 Å². The van der Waals surface area contributed by atoms with Gasteiger partial charge in [0, 0.05) is 24.3 Å². The molecule has 7 heteroatoms. The van der Waals surface area contributed by atoms with Crippen LogP contribution in [-0.4, -0.2) is 46.4 Å². The van der Waals surface area contributed by atoms with Gasteiger partial charge >= 0.3 is 0 Å². The van der Waals surface area contributed by atoms with Gasteiger partial charge in [0.05, 0.1) is 4.90 Å². The van der Waals surface area contributed by atoms with E-state index in [0.29, 0.717) is 24.3 Å². The lowest BCUT2D eigenvalue weighted by Gasteiger charge is -2.12. The van der Waals surface area contributed by atoms with E-state index in [-0.39, 0.29) is 10.8 Å². The molecule has 6 nitrogen and oxygen atoms in total. The summed E-state index contributed by atoms with van der Waals surface area (Å²) < 4.78 is 27.6. The zero-order chi connectivity index (χ0) is 18.4. The van der Waals surface area contributed by atoms with Gasteiger partial charge < -0.3 is 10.2 Å². The van der Waals surface area contributed by atoms with Crippen molar-refractivity contribution in [1.29, 1.82) is 0 Å². The van der Waals surface area contributed by atoms with Gasteiger partial charge in [-0.2, -0.15) is 0 Å². The van der Waals surface area contributed by atoms with E-state index in [2.05, 4.69) is 10.0 Å². The van der Waals surface area contributed by atoms with Crippen LogP contribution in [0.1, 0.15) is 15.9 Å². The van der Waals surface area contributed by atoms with Crippen LogP contribution >= 0.6 is 0 Å². The minimum absolute atomic E-state index is 0.0494. The molecule has 0 heterocycles. The van der Waals surface area contributed by atoms with E-state index < -0.39 is 10.0 Å². The van der Waals surface area contributed by atoms with E-state index in [4.69, 9.17) is 0 Å². The van der Waals surface area contributed by atoms with Gasteiger partial charge in [0.2, 0.25) is 0 Å². The number of benzene rings is 2. The second-order valence-corrected chi connectivity index (χ2v) is 7.74. The summed E-state index contributed by atoms with van der Waals surface area (Å²) >= 11 is 0. The number of carbonyl (C=O) groups is 1. The Hall–Kier alpha value is -2.38. The number of amides is 1. The standard InChI is InChI=1S/C18H23N3O3S/c1-14-7-9-16(10-8-14)20-25(23,24)17-6-4-5-15(13-17)18(22)19-11-12-21(2)3/h4-10,13,20H,11-12H2,1-3H3,(H,19,22). The molecule has 2 N–H and O–H groups in total. The SMILES string of the molecule is Cc1ccc(NS(=O)(=O)c2cccc(C(=O)NCCN(C)C)c2)cc1. The normalized spacial score (nSPS) is 11.4. The Morgan fingerprint density at radius 3 is 2.40 bits per heavy atom. The molecule has 0 spiro atoms. The smallest absolute Gasteiger partial charge is 0.261 e. The highest BCUT2D eigenvalue weighted by atomic mass is 32.2. The van der Waals surface area contributed by atoms with E-state index in [1.807, 2.05) is 38.1 Å². The van der Waals surface area contributed by atoms with Gasteiger partial charge in [-0.25, -0.2) is 8.42 Å². The molecular formula is C18H23N3O3S. The molecule has 0 fully saturated rings. The molecule has 2 aromatic rings. The number of likely N-dealkylation sites (N-methyl/N-ethyl adjacent to an activating group) is 1. The van der Waals surface area contributed by atoms with Crippen molar-refractivity contribution in [3.63, 3.8) is 0 Å². The summed E-state index contributed by atoms with van der Waals surface area (Å²) in [6.07, 6.45) is 0. The number of anilines is 1. The lowest BCUT2D eigenvalue weighted by atomic mass is 10.2. The van der Waals surface area contributed by atoms with Crippen molar-refractivity contribution in [3.05, 3.63) is 59.7 Å². The van der Waals surface area contributed by atoms with Crippen LogP contribution in [0.5, 0.6) is 0 Å². The first-order valence-electron chi connectivity index (χ1n) is 7.90. The lowest BCUT2D eigenvalue weighted by Crippen LogP contribution is -2.31. The number of rotatable bonds is 7. The molecule has 134 valence electrons. The average Bonchev–Trinajstić information content (AvgIpc) is 2.56. The summed E-state index contributed by atoms with van der Waals surface area (Å²) in [5.74, 6) is -0.297. The fraction of sp³-hybridized carbons (Fsp3) is 0.278. The quantitative estimate of drug-likeness (QED) is 0.791. The maximum absolute atomic E-state index is 12.5. The first-order valence-corrected chi connectivity index (χ1v) is 9.39. The first kappa shape index (κ1) is 19.0. The zero-order valence-electron chi connectivity index (χ0n) is 14.6. The average molecular weight is 361 g/mol. The highest BCUT2D eigenvalue weighted by Gasteiger charge is 2.16. The maximum atomic E-state index is 12.5. The first-order chi connectivity index (χ1) is 11.8. The number of nitrogens with one attached hydrogen (secondary N) is 2. The number of carbonyl (C=O) groups excluding carboxylic acids is 1. The molecule has 0 saturated carbocycles. The Morgan fingerprint density at radius 2 is 1.76 bits per heavy atom. The van der Waals surface area contributed by atoms with Crippen LogP contribution < -0.4 is 10.0 Å². The highest BCUT2D eigenvalue weighted by Crippen LogP contribution is 2.17. The van der Waals surface area contributed by atoms with Crippen molar-refractivity contribution in [2.45, 2.75) is 11.8 Å². The Balaban J connectivity index is 2.13. The van der Waals surface area contributed by atoms with E-state index in [1.165, 1.54) is 12.1 Å². The largest absolute Gasteiger partial charge is 0.351 e. The second kappa shape index (κ2) is 8.13. The van der Waals surface area contributed by atoms with E-state index in [0.717, 1.165) is 5.56 Å². The lowest BCUT2D eigenvalue weighted by molar-refractivity contribution is 0.0951. The number of aryl methyl sites for hydroxylation is 1. The van der Waals surface area contributed by atoms with Gasteiger partial charge in [-0.15, -0.1) is 0 Å². The minimum Gasteiger partial charge on any atom is -0.351 e. The van der Waals surface area contributed by atoms with Gasteiger partial charge in [0.25, 0.3) is 15.9 Å². The number of hydrogen-bond acceptors (Lipinski definition) is 4. The maximum Gasteiger partial charge on any atom is 0.261 e. The molecule has 0 aliphatic carbocycles. The molecule has 0 saturated heterocycles. The highest BCUT2D eigenvalue weighted by molar-refractivity contribution is 7.92. The summed E-state index contributed by atoms with van der Waals surface area (Å²) in [6, 6.07) is 13.0. The number of sulfonamides is 1. The molecule has 0 aliphatic rings. The molecule has 0 bridgehead atoms. The predicted octanol–water partition coefficient (Wildman–Crippen LogP) is 2.09. The van der Waals surface area contributed by atoms with Crippen LogP contribution in [0.3, 0.4) is 0 Å². The van der Waals surface area contributed by atoms with Crippen LogP contribution in [0.2, 0.25) is 0 Å². The van der Waals surface area contributed by atoms with Crippen molar-refractivity contribution in [1.82, 2.24) is 10.2 Å². The minimum atomic E-state index is -3.75. The molecule has 2 aromatic carbocycles. The summed E-state index contributed by atoms with van der Waals surface area (Å²) in [6.45, 7) is 3.12. The van der Waals surface area contributed by atoms with Crippen molar-refractivity contribution < 1.29 is 13.2 Å². The van der Waals surface area contributed by atoms with E-state index in [9.17, 15) is 13.2 Å². The Labute approximate surface area is 148 Å². The van der Waals surface area contributed by atoms with Crippen LogP contribution in [0.4, 0.5) is 5.69 Å². The third-order valence-electron chi connectivity index (χ3n) is 3.55. The van der Waals surface area contributed by atoms with Crippen LogP contribution in [-0.2, 0) is 10.0 Å². The van der Waals surface area contributed by atoms with Crippen molar-refractivity contribution in [2.24, 2.45) is 0 Å². The molecule has 0 unspecified atom stereocenters. The Bertz CT molecular complexity index is 831. The Kier molecular flexibility index (Phi) is 6.17. The molecule has 1 amide bonds. The van der Waals surface area contributed by atoms with Gasteiger partial charge in [0.1, 0.15) is 0 Å². The summed E-state index contributed by atoms with van der Waals surface area (Å²) in [5, 5.41) is 2.77. The molecular weight excluding hydrogens is 338 g/mol. The number of hydrogen-bond donors (Lipinski definition) is 2. The molecule has 0 aromatic heterocycles. The summed E-state index contributed by atoms with van der Waals surface area (Å²) in [5.41, 5.74) is 1.83. The molecule has 2 rings (SSSR count).